The first kappa shape index (κ1) is 24.0. The summed E-state index contributed by atoms with van der Waals surface area (Å²) in [6.45, 7) is 7.70. The quantitative estimate of drug-likeness (QED) is 0.615. The summed E-state index contributed by atoms with van der Waals surface area (Å²) in [6.07, 6.45) is 0.110. The number of hydrogen-bond donors (Lipinski definition) is 1. The van der Waals surface area contributed by atoms with Crippen molar-refractivity contribution in [2.75, 3.05) is 44.8 Å². The molecular formula is C23H30N2O6S. The lowest BCUT2D eigenvalue weighted by Crippen LogP contribution is -2.40. The summed E-state index contributed by atoms with van der Waals surface area (Å²) < 4.78 is 43.9. The molecule has 1 N–H and O–H groups in total. The van der Waals surface area contributed by atoms with Gasteiger partial charge in [-0.15, -0.1) is 0 Å². The molecule has 0 atom stereocenters. The number of aryl methyl sites for hydroxylation is 2. The molecule has 8 nitrogen and oxygen atoms in total. The number of nitrogens with one attached hydrogen (secondary N) is 1. The number of rotatable bonds is 9. The first-order valence-electron chi connectivity index (χ1n) is 10.7. The molecular weight excluding hydrogens is 432 g/mol. The minimum absolute atomic E-state index is 0.102. The van der Waals surface area contributed by atoms with Crippen molar-refractivity contribution in [1.82, 2.24) is 4.31 Å². The molecule has 174 valence electrons. The molecule has 0 saturated carbocycles. The van der Waals surface area contributed by atoms with Crippen LogP contribution in [0.4, 0.5) is 5.69 Å². The lowest BCUT2D eigenvalue weighted by Gasteiger charge is -2.26. The van der Waals surface area contributed by atoms with Gasteiger partial charge in [-0.25, -0.2) is 8.42 Å². The van der Waals surface area contributed by atoms with E-state index in [2.05, 4.69) is 5.32 Å². The van der Waals surface area contributed by atoms with E-state index in [0.29, 0.717) is 50.1 Å². The minimum atomic E-state index is -3.69. The summed E-state index contributed by atoms with van der Waals surface area (Å²) in [5.41, 5.74) is 2.49. The summed E-state index contributed by atoms with van der Waals surface area (Å²) in [5, 5.41) is 2.77. The Morgan fingerprint density at radius 1 is 1.06 bits per heavy atom. The van der Waals surface area contributed by atoms with Gasteiger partial charge in [0.05, 0.1) is 43.4 Å². The molecule has 1 aliphatic heterocycles. The molecule has 3 rings (SSSR count). The first-order valence-corrected chi connectivity index (χ1v) is 12.1. The molecule has 9 heteroatoms. The van der Waals surface area contributed by atoms with Crippen LogP contribution in [0.3, 0.4) is 0 Å². The predicted molar refractivity (Wildman–Crippen MR) is 122 cm³/mol. The van der Waals surface area contributed by atoms with Crippen LogP contribution in [0.2, 0.25) is 0 Å². The molecule has 2 aromatic carbocycles. The van der Waals surface area contributed by atoms with Crippen molar-refractivity contribution in [3.05, 3.63) is 47.5 Å². The van der Waals surface area contributed by atoms with Gasteiger partial charge in [-0.1, -0.05) is 6.07 Å². The number of amides is 1. The maximum Gasteiger partial charge on any atom is 0.243 e. The third-order valence-electron chi connectivity index (χ3n) is 4.93. The van der Waals surface area contributed by atoms with Crippen molar-refractivity contribution in [2.24, 2.45) is 0 Å². The van der Waals surface area contributed by atoms with Crippen LogP contribution in [0.15, 0.2) is 41.3 Å². The highest BCUT2D eigenvalue weighted by Crippen LogP contribution is 2.30. The van der Waals surface area contributed by atoms with Gasteiger partial charge in [-0.2, -0.15) is 4.31 Å². The van der Waals surface area contributed by atoms with Crippen LogP contribution >= 0.6 is 0 Å². The van der Waals surface area contributed by atoms with Gasteiger partial charge in [0.2, 0.25) is 15.9 Å². The second kappa shape index (κ2) is 10.8. The van der Waals surface area contributed by atoms with Gasteiger partial charge >= 0.3 is 0 Å². The molecule has 0 aromatic heterocycles. The Kier molecular flexibility index (Phi) is 8.11. The van der Waals surface area contributed by atoms with Crippen LogP contribution in [-0.4, -0.2) is 58.1 Å². The van der Waals surface area contributed by atoms with E-state index in [1.165, 1.54) is 16.4 Å². The summed E-state index contributed by atoms with van der Waals surface area (Å²) in [5.74, 6) is 0.831. The van der Waals surface area contributed by atoms with Gasteiger partial charge in [0.25, 0.3) is 0 Å². The van der Waals surface area contributed by atoms with Crippen LogP contribution in [0.25, 0.3) is 0 Å². The third kappa shape index (κ3) is 6.21. The second-order valence-electron chi connectivity index (χ2n) is 7.58. The maximum atomic E-state index is 13.0. The Balaban J connectivity index is 1.69. The summed E-state index contributed by atoms with van der Waals surface area (Å²) in [4.78, 5) is 12.6. The number of anilines is 1. The van der Waals surface area contributed by atoms with Gasteiger partial charge < -0.3 is 19.5 Å². The zero-order chi connectivity index (χ0) is 23.1. The molecule has 1 fully saturated rings. The summed E-state index contributed by atoms with van der Waals surface area (Å²) in [6, 6.07) is 10.4. The number of morpholine rings is 1. The normalized spacial score (nSPS) is 14.7. The highest BCUT2D eigenvalue weighted by Gasteiger charge is 2.27. The Morgan fingerprint density at radius 2 is 1.75 bits per heavy atom. The van der Waals surface area contributed by atoms with Crippen LogP contribution in [-0.2, 0) is 19.6 Å². The molecule has 2 aromatic rings. The largest absolute Gasteiger partial charge is 0.493 e. The van der Waals surface area contributed by atoms with Crippen molar-refractivity contribution in [2.45, 2.75) is 32.1 Å². The van der Waals surface area contributed by atoms with Gasteiger partial charge in [0.15, 0.2) is 0 Å². The van der Waals surface area contributed by atoms with Gasteiger partial charge in [0.1, 0.15) is 11.5 Å². The zero-order valence-electron chi connectivity index (χ0n) is 18.7. The predicted octanol–water partition coefficient (Wildman–Crippen LogP) is 3.13. The number of hydrogen-bond acceptors (Lipinski definition) is 6. The molecule has 0 spiro atoms. The highest BCUT2D eigenvalue weighted by molar-refractivity contribution is 7.89. The highest BCUT2D eigenvalue weighted by atomic mass is 32.2. The third-order valence-corrected chi connectivity index (χ3v) is 6.82. The van der Waals surface area contributed by atoms with E-state index < -0.39 is 10.0 Å². The fourth-order valence-corrected chi connectivity index (χ4v) is 4.91. The average molecular weight is 463 g/mol. The number of carbonyl (C=O) groups excluding carboxylic acids is 1. The Labute approximate surface area is 189 Å². The molecule has 0 bridgehead atoms. The topological polar surface area (TPSA) is 94.2 Å². The number of ether oxygens (including phenoxy) is 3. The lowest BCUT2D eigenvalue weighted by molar-refractivity contribution is -0.116. The van der Waals surface area contributed by atoms with E-state index in [0.717, 1.165) is 11.1 Å². The molecule has 1 aliphatic rings. The number of carbonyl (C=O) groups is 1. The van der Waals surface area contributed by atoms with E-state index in [9.17, 15) is 13.2 Å². The Morgan fingerprint density at radius 3 is 2.41 bits per heavy atom. The van der Waals surface area contributed by atoms with E-state index in [1.807, 2.05) is 39.0 Å². The van der Waals surface area contributed by atoms with E-state index in [1.54, 1.807) is 6.07 Å². The molecule has 0 unspecified atom stereocenters. The molecule has 0 radical (unpaired) electrons. The van der Waals surface area contributed by atoms with E-state index >= 15 is 0 Å². The van der Waals surface area contributed by atoms with E-state index in [4.69, 9.17) is 14.2 Å². The standard InChI is InChI=1S/C23H30N2O6S/c1-4-30-22-6-5-20(32(27,28)25-8-11-29-12-9-25)16-21(22)24-23(26)7-10-31-19-14-17(2)13-18(3)15-19/h5-6,13-16H,4,7-12H2,1-3H3,(H,24,26). The van der Waals surface area contributed by atoms with Crippen LogP contribution in [0, 0.1) is 13.8 Å². The monoisotopic (exact) mass is 462 g/mol. The Hall–Kier alpha value is -2.62. The zero-order valence-corrected chi connectivity index (χ0v) is 19.5. The number of nitrogens with zero attached hydrogens (tertiary/aromatic N) is 1. The molecule has 1 amide bonds. The van der Waals surface area contributed by atoms with Crippen LogP contribution in [0.1, 0.15) is 24.5 Å². The average Bonchev–Trinajstić information content (AvgIpc) is 2.75. The van der Waals surface area contributed by atoms with Crippen LogP contribution in [0.5, 0.6) is 11.5 Å². The summed E-state index contributed by atoms with van der Waals surface area (Å²) in [7, 11) is -3.69. The van der Waals surface area contributed by atoms with Gasteiger partial charge in [-0.05, 0) is 62.2 Å². The van der Waals surface area contributed by atoms with Crippen molar-refractivity contribution in [3.8, 4) is 11.5 Å². The second-order valence-corrected chi connectivity index (χ2v) is 9.52. The van der Waals surface area contributed by atoms with Crippen molar-refractivity contribution in [3.63, 3.8) is 0 Å². The fraction of sp³-hybridized carbons (Fsp3) is 0.435. The Bertz CT molecular complexity index is 1030. The lowest BCUT2D eigenvalue weighted by atomic mass is 10.1. The van der Waals surface area contributed by atoms with Crippen molar-refractivity contribution < 1.29 is 27.4 Å². The smallest absolute Gasteiger partial charge is 0.243 e. The number of benzene rings is 2. The SMILES string of the molecule is CCOc1ccc(S(=O)(=O)N2CCOCC2)cc1NC(=O)CCOc1cc(C)cc(C)c1. The van der Waals surface area contributed by atoms with Gasteiger partial charge in [0, 0.05) is 13.1 Å². The molecule has 0 aliphatic carbocycles. The van der Waals surface area contributed by atoms with Crippen molar-refractivity contribution >= 4 is 21.6 Å². The number of sulfonamides is 1. The molecule has 1 heterocycles. The minimum Gasteiger partial charge on any atom is -0.493 e. The maximum absolute atomic E-state index is 13.0. The van der Waals surface area contributed by atoms with Gasteiger partial charge in [-0.3, -0.25) is 4.79 Å². The molecule has 32 heavy (non-hydrogen) atoms. The van der Waals surface area contributed by atoms with E-state index in [-0.39, 0.29) is 23.8 Å². The van der Waals surface area contributed by atoms with Crippen molar-refractivity contribution in [1.29, 1.82) is 0 Å². The summed E-state index contributed by atoms with van der Waals surface area (Å²) >= 11 is 0. The molecule has 1 saturated heterocycles. The fourth-order valence-electron chi connectivity index (χ4n) is 3.48. The first-order chi connectivity index (χ1) is 15.3. The van der Waals surface area contributed by atoms with Crippen LogP contribution < -0.4 is 14.8 Å².